The van der Waals surface area contributed by atoms with Gasteiger partial charge in [-0.3, -0.25) is 0 Å². The summed E-state index contributed by atoms with van der Waals surface area (Å²) in [7, 11) is 2.11. The van der Waals surface area contributed by atoms with Crippen LogP contribution in [0, 0.1) is 0 Å². The van der Waals surface area contributed by atoms with Gasteiger partial charge in [0.05, 0.1) is 17.6 Å². The van der Waals surface area contributed by atoms with Crippen LogP contribution in [0.25, 0.3) is 11.0 Å². The van der Waals surface area contributed by atoms with E-state index < -0.39 is 0 Å². The van der Waals surface area contributed by atoms with Gasteiger partial charge in [-0.05, 0) is 31.2 Å². The number of aromatic nitrogens is 2. The first-order chi connectivity index (χ1) is 10.2. The van der Waals surface area contributed by atoms with Gasteiger partial charge in [-0.25, -0.2) is 4.98 Å². The molecule has 0 radical (unpaired) electrons. The lowest BCUT2D eigenvalue weighted by Gasteiger charge is -2.36. The van der Waals surface area contributed by atoms with Crippen molar-refractivity contribution in [3.63, 3.8) is 0 Å². The highest BCUT2D eigenvalue weighted by atomic mass is 32.2. The first-order valence-corrected chi connectivity index (χ1v) is 9.13. The van der Waals surface area contributed by atoms with Gasteiger partial charge in [0.25, 0.3) is 0 Å². The molecule has 0 amide bonds. The number of hydrogen-bond acceptors (Lipinski definition) is 3. The molecule has 1 aliphatic rings. The summed E-state index contributed by atoms with van der Waals surface area (Å²) in [6.45, 7) is 1.95. The van der Waals surface area contributed by atoms with Gasteiger partial charge in [0.2, 0.25) is 0 Å². The molecule has 1 aliphatic carbocycles. The predicted molar refractivity (Wildman–Crippen MR) is 91.8 cm³/mol. The van der Waals surface area contributed by atoms with Crippen molar-refractivity contribution in [1.29, 1.82) is 0 Å². The minimum absolute atomic E-state index is 0.447. The highest BCUT2D eigenvalue weighted by molar-refractivity contribution is 8.00. The Kier molecular flexibility index (Phi) is 4.55. The van der Waals surface area contributed by atoms with Crippen LogP contribution < -0.4 is 5.32 Å². The van der Waals surface area contributed by atoms with E-state index in [-0.39, 0.29) is 0 Å². The predicted octanol–water partition coefficient (Wildman–Crippen LogP) is 3.73. The second-order valence-electron chi connectivity index (χ2n) is 6.13. The Hall–Kier alpha value is -1.00. The summed E-state index contributed by atoms with van der Waals surface area (Å²) >= 11 is 2.05. The van der Waals surface area contributed by atoms with Crippen molar-refractivity contribution in [2.75, 3.05) is 12.8 Å². The first-order valence-electron chi connectivity index (χ1n) is 7.90. The number of thioether (sulfide) groups is 1. The Balaban J connectivity index is 1.65. The van der Waals surface area contributed by atoms with Gasteiger partial charge in [0.15, 0.2) is 0 Å². The van der Waals surface area contributed by atoms with E-state index in [0.29, 0.717) is 4.75 Å². The second-order valence-corrected chi connectivity index (χ2v) is 7.40. The van der Waals surface area contributed by atoms with E-state index in [1.165, 1.54) is 37.6 Å². The number of rotatable bonds is 5. The minimum atomic E-state index is 0.447. The lowest BCUT2D eigenvalue weighted by molar-refractivity contribution is 0.377. The van der Waals surface area contributed by atoms with E-state index >= 15 is 0 Å². The molecule has 1 aromatic heterocycles. The van der Waals surface area contributed by atoms with E-state index in [2.05, 4.69) is 47.5 Å². The molecule has 0 aliphatic heterocycles. The maximum absolute atomic E-state index is 4.74. The Bertz CT molecular complexity index is 599. The summed E-state index contributed by atoms with van der Waals surface area (Å²) in [6.07, 6.45) is 9.15. The number of benzene rings is 1. The number of hydrogen-bond donors (Lipinski definition) is 1. The van der Waals surface area contributed by atoms with Gasteiger partial charge in [-0.1, -0.05) is 31.4 Å². The van der Waals surface area contributed by atoms with Crippen LogP contribution >= 0.6 is 11.8 Å². The van der Waals surface area contributed by atoms with Crippen molar-refractivity contribution >= 4 is 22.8 Å². The van der Waals surface area contributed by atoms with Crippen molar-refractivity contribution < 1.29 is 0 Å². The van der Waals surface area contributed by atoms with Crippen LogP contribution in [0.5, 0.6) is 0 Å². The third-order valence-electron chi connectivity index (χ3n) is 4.81. The molecule has 21 heavy (non-hydrogen) atoms. The molecule has 3 nitrogen and oxygen atoms in total. The van der Waals surface area contributed by atoms with Gasteiger partial charge < -0.3 is 9.88 Å². The summed E-state index contributed by atoms with van der Waals surface area (Å²) < 4.78 is 2.65. The molecule has 1 N–H and O–H groups in total. The third-order valence-corrected chi connectivity index (χ3v) is 6.23. The molecule has 1 fully saturated rings. The van der Waals surface area contributed by atoms with Gasteiger partial charge >= 0.3 is 0 Å². The van der Waals surface area contributed by atoms with E-state index in [1.807, 2.05) is 11.8 Å². The largest absolute Gasteiger partial charge is 0.330 e. The first kappa shape index (κ1) is 14.9. The number of nitrogens with one attached hydrogen (secondary N) is 1. The maximum Gasteiger partial charge on any atom is 0.123 e. The molecule has 1 saturated carbocycles. The van der Waals surface area contributed by atoms with Crippen LogP contribution in [0.4, 0.5) is 0 Å². The number of nitrogens with zero attached hydrogens (tertiary/aromatic N) is 2. The molecule has 0 atom stereocenters. The number of aryl methyl sites for hydroxylation is 1. The summed E-state index contributed by atoms with van der Waals surface area (Å²) in [5, 5.41) is 3.66. The molecular weight excluding hydrogens is 278 g/mol. The summed E-state index contributed by atoms with van der Waals surface area (Å²) in [4.78, 5) is 4.74. The molecule has 1 aromatic carbocycles. The second kappa shape index (κ2) is 6.41. The normalized spacial score (nSPS) is 18.2. The Morgan fingerprint density at radius 2 is 2.00 bits per heavy atom. The van der Waals surface area contributed by atoms with Crippen LogP contribution in [0.3, 0.4) is 0 Å². The smallest absolute Gasteiger partial charge is 0.123 e. The number of para-hydroxylation sites is 2. The number of imidazole rings is 1. The van der Waals surface area contributed by atoms with E-state index in [4.69, 9.17) is 4.98 Å². The lowest BCUT2D eigenvalue weighted by Crippen LogP contribution is -2.39. The van der Waals surface area contributed by atoms with Crippen molar-refractivity contribution in [2.24, 2.45) is 7.05 Å². The number of fused-ring (bicyclic) bond motifs is 1. The van der Waals surface area contributed by atoms with E-state index in [9.17, 15) is 0 Å². The van der Waals surface area contributed by atoms with Crippen LogP contribution in [0.1, 0.15) is 37.9 Å². The maximum atomic E-state index is 4.74. The molecule has 1 heterocycles. The van der Waals surface area contributed by atoms with Crippen molar-refractivity contribution in [1.82, 2.24) is 14.9 Å². The average molecular weight is 303 g/mol. The molecule has 114 valence electrons. The molecule has 0 saturated heterocycles. The minimum Gasteiger partial charge on any atom is -0.330 e. The average Bonchev–Trinajstić information content (AvgIpc) is 2.85. The standard InChI is InChI=1S/C17H25N3S/c1-20-15-9-5-4-8-14(15)19-16(20)12-18-13-17(21-2)10-6-3-7-11-17/h4-5,8-9,18H,3,6-7,10-13H2,1-2H3. The molecule has 3 rings (SSSR count). The van der Waals surface area contributed by atoms with Crippen molar-refractivity contribution in [2.45, 2.75) is 43.4 Å². The van der Waals surface area contributed by atoms with Crippen LogP contribution in [0.2, 0.25) is 0 Å². The summed E-state index contributed by atoms with van der Waals surface area (Å²) in [5.74, 6) is 1.13. The monoisotopic (exact) mass is 303 g/mol. The van der Waals surface area contributed by atoms with Gasteiger partial charge in [-0.15, -0.1) is 0 Å². The SMILES string of the molecule is CSC1(CNCc2nc3ccccc3n2C)CCCCC1. The van der Waals surface area contributed by atoms with Gasteiger partial charge in [-0.2, -0.15) is 11.8 Å². The molecule has 2 aromatic rings. The topological polar surface area (TPSA) is 29.9 Å². The highest BCUT2D eigenvalue weighted by Crippen LogP contribution is 2.37. The Morgan fingerprint density at radius 1 is 1.24 bits per heavy atom. The zero-order valence-corrected chi connectivity index (χ0v) is 13.9. The molecule has 0 bridgehead atoms. The van der Waals surface area contributed by atoms with Crippen molar-refractivity contribution in [3.8, 4) is 0 Å². The fourth-order valence-corrected chi connectivity index (χ4v) is 4.35. The van der Waals surface area contributed by atoms with E-state index in [1.54, 1.807) is 0 Å². The highest BCUT2D eigenvalue weighted by Gasteiger charge is 2.30. The molecular formula is C17H25N3S. The fraction of sp³-hybridized carbons (Fsp3) is 0.588. The van der Waals surface area contributed by atoms with Crippen LogP contribution in [-0.4, -0.2) is 27.1 Å². The lowest BCUT2D eigenvalue weighted by atomic mass is 9.88. The molecule has 4 heteroatoms. The zero-order valence-electron chi connectivity index (χ0n) is 13.1. The fourth-order valence-electron chi connectivity index (χ4n) is 3.40. The van der Waals surface area contributed by atoms with E-state index in [0.717, 1.165) is 24.4 Å². The summed E-state index contributed by atoms with van der Waals surface area (Å²) in [6, 6.07) is 8.35. The Labute approximate surface area is 131 Å². The quantitative estimate of drug-likeness (QED) is 0.913. The third kappa shape index (κ3) is 3.11. The molecule has 0 unspecified atom stereocenters. The van der Waals surface area contributed by atoms with Crippen LogP contribution in [-0.2, 0) is 13.6 Å². The molecule has 0 spiro atoms. The van der Waals surface area contributed by atoms with Crippen molar-refractivity contribution in [3.05, 3.63) is 30.1 Å². The Morgan fingerprint density at radius 3 is 2.71 bits per heavy atom. The van der Waals surface area contributed by atoms with Gasteiger partial charge in [0.1, 0.15) is 5.82 Å². The summed E-state index contributed by atoms with van der Waals surface area (Å²) in [5.41, 5.74) is 2.31. The van der Waals surface area contributed by atoms with Gasteiger partial charge in [0, 0.05) is 18.3 Å². The van der Waals surface area contributed by atoms with Crippen LogP contribution in [0.15, 0.2) is 24.3 Å². The zero-order chi connectivity index (χ0) is 14.7.